The van der Waals surface area contributed by atoms with Crippen molar-refractivity contribution in [3.8, 4) is 17.2 Å². The second-order valence-corrected chi connectivity index (χ2v) is 6.64. The van der Waals surface area contributed by atoms with E-state index >= 15 is 0 Å². The summed E-state index contributed by atoms with van der Waals surface area (Å²) >= 11 is 0. The average molecular weight is 401 g/mol. The molecular formula is C19H29F2N3O4. The molecule has 1 heterocycles. The number of nitrogens with one attached hydrogen (secondary N) is 2. The van der Waals surface area contributed by atoms with Gasteiger partial charge >= 0.3 is 6.61 Å². The monoisotopic (exact) mass is 401 g/mol. The zero-order valence-electron chi connectivity index (χ0n) is 16.6. The minimum absolute atomic E-state index is 0.0286. The molecular weight excluding hydrogens is 372 g/mol. The summed E-state index contributed by atoms with van der Waals surface area (Å²) in [5, 5.41) is 6.33. The number of fused-ring (bicyclic) bond motifs is 1. The number of hydrogen-bond acceptors (Lipinski definition) is 5. The molecule has 0 bridgehead atoms. The number of aliphatic imine (C=N–C) groups is 1. The highest BCUT2D eigenvalue weighted by atomic mass is 19.3. The summed E-state index contributed by atoms with van der Waals surface area (Å²) in [4.78, 5) is 4.46. The minimum atomic E-state index is -2.93. The summed E-state index contributed by atoms with van der Waals surface area (Å²) in [6.07, 6.45) is 0.834. The first-order valence-electron chi connectivity index (χ1n) is 9.46. The SMILES string of the molecule is CCNC(=NCc1cc2c(cc1OC(F)F)OCO2)NCCCOCC(C)C. The summed E-state index contributed by atoms with van der Waals surface area (Å²) in [5.74, 6) is 2.01. The number of ether oxygens (including phenoxy) is 4. The van der Waals surface area contributed by atoms with Crippen LogP contribution in [0, 0.1) is 5.92 Å². The third-order valence-electron chi connectivity index (χ3n) is 3.73. The van der Waals surface area contributed by atoms with Crippen LogP contribution in [0.1, 0.15) is 32.8 Å². The third-order valence-corrected chi connectivity index (χ3v) is 3.73. The Hall–Kier alpha value is -2.29. The summed E-state index contributed by atoms with van der Waals surface area (Å²) in [7, 11) is 0. The van der Waals surface area contributed by atoms with E-state index < -0.39 is 6.61 Å². The molecule has 1 aliphatic rings. The predicted molar refractivity (Wildman–Crippen MR) is 102 cm³/mol. The van der Waals surface area contributed by atoms with E-state index in [0.29, 0.717) is 48.6 Å². The number of benzene rings is 1. The van der Waals surface area contributed by atoms with Crippen LogP contribution in [-0.4, -0.2) is 45.7 Å². The Morgan fingerprint density at radius 2 is 1.96 bits per heavy atom. The van der Waals surface area contributed by atoms with Gasteiger partial charge in [0, 0.05) is 37.9 Å². The van der Waals surface area contributed by atoms with E-state index in [2.05, 4.69) is 34.2 Å². The molecule has 0 saturated carbocycles. The fourth-order valence-electron chi connectivity index (χ4n) is 2.50. The lowest BCUT2D eigenvalue weighted by Crippen LogP contribution is -2.38. The molecule has 28 heavy (non-hydrogen) atoms. The van der Waals surface area contributed by atoms with Crippen LogP contribution in [0.15, 0.2) is 17.1 Å². The molecule has 9 heteroatoms. The van der Waals surface area contributed by atoms with Gasteiger partial charge in [-0.15, -0.1) is 0 Å². The van der Waals surface area contributed by atoms with Crippen LogP contribution in [-0.2, 0) is 11.3 Å². The molecule has 0 amide bonds. The summed E-state index contributed by atoms with van der Waals surface area (Å²) in [6.45, 7) is 6.21. The maximum atomic E-state index is 12.7. The van der Waals surface area contributed by atoms with Crippen LogP contribution in [0.4, 0.5) is 8.78 Å². The first-order valence-corrected chi connectivity index (χ1v) is 9.46. The van der Waals surface area contributed by atoms with Gasteiger partial charge in [0.1, 0.15) is 5.75 Å². The van der Waals surface area contributed by atoms with Gasteiger partial charge in [0.25, 0.3) is 0 Å². The fraction of sp³-hybridized carbons (Fsp3) is 0.632. The Labute approximate surface area is 164 Å². The Balaban J connectivity index is 1.95. The molecule has 0 spiro atoms. The number of nitrogens with zero attached hydrogens (tertiary/aromatic N) is 1. The lowest BCUT2D eigenvalue weighted by Gasteiger charge is -2.13. The molecule has 0 atom stereocenters. The predicted octanol–water partition coefficient (Wildman–Crippen LogP) is 3.13. The van der Waals surface area contributed by atoms with Gasteiger partial charge in [0.2, 0.25) is 6.79 Å². The van der Waals surface area contributed by atoms with E-state index in [0.717, 1.165) is 13.0 Å². The molecule has 7 nitrogen and oxygen atoms in total. The molecule has 0 fully saturated rings. The van der Waals surface area contributed by atoms with Crippen LogP contribution >= 0.6 is 0 Å². The highest BCUT2D eigenvalue weighted by molar-refractivity contribution is 5.79. The quantitative estimate of drug-likeness (QED) is 0.337. The molecule has 0 aromatic heterocycles. The highest BCUT2D eigenvalue weighted by Crippen LogP contribution is 2.38. The van der Waals surface area contributed by atoms with Crippen molar-refractivity contribution in [2.45, 2.75) is 40.3 Å². The lowest BCUT2D eigenvalue weighted by molar-refractivity contribution is -0.0505. The van der Waals surface area contributed by atoms with Gasteiger partial charge in [-0.3, -0.25) is 0 Å². The minimum Gasteiger partial charge on any atom is -0.454 e. The smallest absolute Gasteiger partial charge is 0.387 e. The number of halogens is 2. The van der Waals surface area contributed by atoms with Crippen molar-refractivity contribution in [3.63, 3.8) is 0 Å². The molecule has 0 radical (unpaired) electrons. The van der Waals surface area contributed by atoms with Gasteiger partial charge in [-0.2, -0.15) is 8.78 Å². The van der Waals surface area contributed by atoms with Gasteiger partial charge in [0.15, 0.2) is 17.5 Å². The fourth-order valence-corrected chi connectivity index (χ4v) is 2.50. The number of guanidine groups is 1. The lowest BCUT2D eigenvalue weighted by atomic mass is 10.1. The molecule has 158 valence electrons. The largest absolute Gasteiger partial charge is 0.454 e. The normalized spacial score (nSPS) is 13.3. The molecule has 0 saturated heterocycles. The molecule has 1 aromatic carbocycles. The Morgan fingerprint density at radius 1 is 1.21 bits per heavy atom. The highest BCUT2D eigenvalue weighted by Gasteiger charge is 2.20. The Morgan fingerprint density at radius 3 is 2.64 bits per heavy atom. The summed E-state index contributed by atoms with van der Waals surface area (Å²) < 4.78 is 46.1. The first kappa shape index (κ1) is 22.0. The second-order valence-electron chi connectivity index (χ2n) is 6.64. The first-order chi connectivity index (χ1) is 13.5. The zero-order valence-corrected chi connectivity index (χ0v) is 16.6. The van der Waals surface area contributed by atoms with Crippen molar-refractivity contribution < 1.29 is 27.7 Å². The molecule has 0 unspecified atom stereocenters. The van der Waals surface area contributed by atoms with E-state index in [1.165, 1.54) is 6.07 Å². The standard InChI is InChI=1S/C19H29F2N3O4/c1-4-22-19(23-6-5-7-25-11-13(2)3)24-10-14-8-16-17(27-12-26-16)9-15(14)28-18(20)21/h8-9,13,18H,4-7,10-12H2,1-3H3,(H2,22,23,24). The van der Waals surface area contributed by atoms with Crippen LogP contribution in [0.25, 0.3) is 0 Å². The van der Waals surface area contributed by atoms with Crippen LogP contribution < -0.4 is 24.8 Å². The van der Waals surface area contributed by atoms with Crippen molar-refractivity contribution >= 4 is 5.96 Å². The summed E-state index contributed by atoms with van der Waals surface area (Å²) in [5.41, 5.74) is 0.488. The number of hydrogen-bond donors (Lipinski definition) is 2. The van der Waals surface area contributed by atoms with Crippen LogP contribution in [0.5, 0.6) is 17.2 Å². The van der Waals surface area contributed by atoms with E-state index in [-0.39, 0.29) is 19.1 Å². The van der Waals surface area contributed by atoms with Gasteiger partial charge in [-0.05, 0) is 25.3 Å². The Bertz CT molecular complexity index is 642. The molecule has 2 N–H and O–H groups in total. The van der Waals surface area contributed by atoms with E-state index in [4.69, 9.17) is 14.2 Å². The number of rotatable bonds is 11. The van der Waals surface area contributed by atoms with Crippen LogP contribution in [0.3, 0.4) is 0 Å². The maximum Gasteiger partial charge on any atom is 0.387 e. The zero-order chi connectivity index (χ0) is 20.4. The van der Waals surface area contributed by atoms with Crippen molar-refractivity contribution in [2.75, 3.05) is 33.1 Å². The average Bonchev–Trinajstić information content (AvgIpc) is 3.08. The molecule has 1 aromatic rings. The van der Waals surface area contributed by atoms with Crippen molar-refractivity contribution in [1.82, 2.24) is 10.6 Å². The Kier molecular flexibility index (Phi) is 9.06. The van der Waals surface area contributed by atoms with Gasteiger partial charge in [-0.1, -0.05) is 13.8 Å². The topological polar surface area (TPSA) is 73.3 Å². The number of alkyl halides is 2. The summed E-state index contributed by atoms with van der Waals surface area (Å²) in [6, 6.07) is 3.03. The maximum absolute atomic E-state index is 12.7. The molecule has 0 aliphatic carbocycles. The van der Waals surface area contributed by atoms with E-state index in [1.807, 2.05) is 6.92 Å². The molecule has 2 rings (SSSR count). The van der Waals surface area contributed by atoms with Crippen molar-refractivity contribution in [1.29, 1.82) is 0 Å². The van der Waals surface area contributed by atoms with Crippen LogP contribution in [0.2, 0.25) is 0 Å². The second kappa shape index (κ2) is 11.5. The van der Waals surface area contributed by atoms with Gasteiger partial charge in [-0.25, -0.2) is 4.99 Å². The van der Waals surface area contributed by atoms with Crippen molar-refractivity contribution in [3.05, 3.63) is 17.7 Å². The molecule has 1 aliphatic heterocycles. The van der Waals surface area contributed by atoms with Crippen molar-refractivity contribution in [2.24, 2.45) is 10.9 Å². The van der Waals surface area contributed by atoms with E-state index in [1.54, 1.807) is 6.07 Å². The van der Waals surface area contributed by atoms with Gasteiger partial charge < -0.3 is 29.6 Å². The van der Waals surface area contributed by atoms with E-state index in [9.17, 15) is 8.78 Å². The van der Waals surface area contributed by atoms with Gasteiger partial charge in [0.05, 0.1) is 6.54 Å². The third kappa shape index (κ3) is 7.38.